The Kier molecular flexibility index (Phi) is 8.46. The van der Waals surface area contributed by atoms with Crippen LogP contribution in [0, 0.1) is 0 Å². The Morgan fingerprint density at radius 2 is 2.11 bits per heavy atom. The number of nitrogens with zero attached hydrogens (tertiary/aromatic N) is 2. The first kappa shape index (κ1) is 26.4. The Bertz CT molecular complexity index is 1250. The SMILES string of the molecule is C=CCC1(C(O)N(CCCC(=O)OC)Cc2cccc(Cl)c2)CCN1C(=O)c1csc2ccccc12. The van der Waals surface area contributed by atoms with Gasteiger partial charge in [-0.25, -0.2) is 0 Å². The number of methoxy groups -OCH3 is 1. The van der Waals surface area contributed by atoms with Crippen LogP contribution < -0.4 is 0 Å². The number of likely N-dealkylation sites (tertiary alicyclic amines) is 1. The molecule has 1 N–H and O–H groups in total. The molecule has 1 saturated heterocycles. The molecule has 0 saturated carbocycles. The molecule has 1 aliphatic rings. The highest BCUT2D eigenvalue weighted by atomic mass is 35.5. The van der Waals surface area contributed by atoms with Crippen molar-refractivity contribution in [2.24, 2.45) is 0 Å². The van der Waals surface area contributed by atoms with Gasteiger partial charge in [-0.05, 0) is 43.0 Å². The maximum Gasteiger partial charge on any atom is 0.305 e. The maximum atomic E-state index is 13.8. The first-order valence-corrected chi connectivity index (χ1v) is 13.3. The summed E-state index contributed by atoms with van der Waals surface area (Å²) in [6, 6.07) is 15.4. The maximum absolute atomic E-state index is 13.8. The van der Waals surface area contributed by atoms with E-state index in [-0.39, 0.29) is 18.3 Å². The normalized spacial score (nSPS) is 18.2. The second kappa shape index (κ2) is 11.6. The van der Waals surface area contributed by atoms with Gasteiger partial charge in [0.05, 0.1) is 18.2 Å². The Morgan fingerprint density at radius 3 is 2.81 bits per heavy atom. The average Bonchev–Trinajstić information content (AvgIpc) is 3.30. The van der Waals surface area contributed by atoms with Crippen LogP contribution in [0.15, 0.2) is 66.6 Å². The summed E-state index contributed by atoms with van der Waals surface area (Å²) in [5, 5.41) is 15.3. The lowest BCUT2D eigenvalue weighted by molar-refractivity contribution is -0.150. The Labute approximate surface area is 220 Å². The Morgan fingerprint density at radius 1 is 1.31 bits per heavy atom. The summed E-state index contributed by atoms with van der Waals surface area (Å²) >= 11 is 7.76. The van der Waals surface area contributed by atoms with E-state index in [0.717, 1.165) is 15.6 Å². The van der Waals surface area contributed by atoms with Gasteiger partial charge >= 0.3 is 5.97 Å². The van der Waals surface area contributed by atoms with Crippen LogP contribution in [0.3, 0.4) is 0 Å². The number of esters is 1. The molecule has 2 atom stereocenters. The topological polar surface area (TPSA) is 70.1 Å². The van der Waals surface area contributed by atoms with Gasteiger partial charge in [0.1, 0.15) is 6.23 Å². The van der Waals surface area contributed by atoms with E-state index in [1.165, 1.54) is 7.11 Å². The van der Waals surface area contributed by atoms with Crippen molar-refractivity contribution in [3.05, 3.63) is 82.7 Å². The molecular weight excluding hydrogens is 496 g/mol. The lowest BCUT2D eigenvalue weighted by Gasteiger charge is -2.57. The quantitative estimate of drug-likeness (QED) is 0.203. The second-order valence-electron chi connectivity index (χ2n) is 9.10. The van der Waals surface area contributed by atoms with Gasteiger partial charge in [-0.3, -0.25) is 14.5 Å². The molecule has 36 heavy (non-hydrogen) atoms. The fourth-order valence-corrected chi connectivity index (χ4v) is 6.11. The number of amides is 1. The minimum atomic E-state index is -0.963. The number of benzene rings is 2. The van der Waals surface area contributed by atoms with Crippen LogP contribution in [0.25, 0.3) is 10.1 Å². The molecule has 0 aliphatic carbocycles. The molecule has 2 aromatic carbocycles. The van der Waals surface area contributed by atoms with Crippen molar-refractivity contribution in [2.45, 2.75) is 44.0 Å². The van der Waals surface area contributed by atoms with Gasteiger partial charge in [0.25, 0.3) is 5.91 Å². The lowest BCUT2D eigenvalue weighted by atomic mass is 9.78. The molecular formula is C28H31ClN2O4S. The molecule has 3 aromatic rings. The standard InChI is InChI=1S/C28H31ClN2O4S/c1-3-13-28(14-16-31(28)26(33)23-19-36-24-11-5-4-10-22(23)24)27(34)30(15-7-12-25(32)35-2)18-20-8-6-9-21(29)17-20/h3-6,8-11,17,19,27,34H,1,7,12-16,18H2,2H3. The summed E-state index contributed by atoms with van der Waals surface area (Å²) in [6.07, 6.45) is 2.66. The fourth-order valence-electron chi connectivity index (χ4n) is 4.97. The third-order valence-corrected chi connectivity index (χ3v) is 8.11. The molecule has 1 aromatic heterocycles. The van der Waals surface area contributed by atoms with Crippen molar-refractivity contribution in [1.82, 2.24) is 9.80 Å². The molecule has 2 unspecified atom stereocenters. The summed E-state index contributed by atoms with van der Waals surface area (Å²) in [5.74, 6) is -0.380. The molecule has 0 spiro atoms. The smallest absolute Gasteiger partial charge is 0.305 e. The number of fused-ring (bicyclic) bond motifs is 1. The highest BCUT2D eigenvalue weighted by Gasteiger charge is 2.53. The van der Waals surface area contributed by atoms with E-state index in [4.69, 9.17) is 16.3 Å². The van der Waals surface area contributed by atoms with E-state index < -0.39 is 11.8 Å². The molecule has 1 aliphatic heterocycles. The first-order chi connectivity index (χ1) is 17.4. The zero-order valence-corrected chi connectivity index (χ0v) is 21.9. The molecule has 190 valence electrons. The van der Waals surface area contributed by atoms with Crippen LogP contribution in [0.1, 0.15) is 41.6 Å². The van der Waals surface area contributed by atoms with Crippen LogP contribution in [-0.4, -0.2) is 58.7 Å². The monoisotopic (exact) mass is 526 g/mol. The molecule has 0 radical (unpaired) electrons. The first-order valence-electron chi connectivity index (χ1n) is 12.0. The molecule has 8 heteroatoms. The zero-order valence-electron chi connectivity index (χ0n) is 20.4. The van der Waals surface area contributed by atoms with E-state index in [9.17, 15) is 14.7 Å². The minimum Gasteiger partial charge on any atom is -0.469 e. The van der Waals surface area contributed by atoms with E-state index >= 15 is 0 Å². The van der Waals surface area contributed by atoms with Gasteiger partial charge in [-0.1, -0.05) is 48.0 Å². The van der Waals surface area contributed by atoms with E-state index in [2.05, 4.69) is 6.58 Å². The van der Waals surface area contributed by atoms with Gasteiger partial charge in [0.15, 0.2) is 0 Å². The summed E-state index contributed by atoms with van der Waals surface area (Å²) < 4.78 is 5.84. The molecule has 1 fully saturated rings. The van der Waals surface area contributed by atoms with Crippen LogP contribution in [0.5, 0.6) is 0 Å². The minimum absolute atomic E-state index is 0.0862. The average molecular weight is 527 g/mol. The number of thiophene rings is 1. The number of aliphatic hydroxyl groups excluding tert-OH is 1. The largest absolute Gasteiger partial charge is 0.469 e. The zero-order chi connectivity index (χ0) is 25.7. The summed E-state index contributed by atoms with van der Waals surface area (Å²) in [5.41, 5.74) is 0.781. The van der Waals surface area contributed by atoms with Crippen LogP contribution >= 0.6 is 22.9 Å². The lowest BCUT2D eigenvalue weighted by Crippen LogP contribution is -2.71. The van der Waals surface area contributed by atoms with E-state index in [1.54, 1.807) is 28.4 Å². The predicted molar refractivity (Wildman–Crippen MR) is 144 cm³/mol. The Balaban J connectivity index is 1.62. The number of rotatable bonds is 11. The summed E-state index contributed by atoms with van der Waals surface area (Å²) in [7, 11) is 1.37. The van der Waals surface area contributed by atoms with Crippen molar-refractivity contribution in [3.8, 4) is 0 Å². The van der Waals surface area contributed by atoms with Crippen molar-refractivity contribution in [2.75, 3.05) is 20.2 Å². The molecule has 4 rings (SSSR count). The molecule has 2 heterocycles. The highest BCUT2D eigenvalue weighted by molar-refractivity contribution is 7.17. The molecule has 6 nitrogen and oxygen atoms in total. The van der Waals surface area contributed by atoms with E-state index in [0.29, 0.717) is 49.5 Å². The van der Waals surface area contributed by atoms with Crippen LogP contribution in [-0.2, 0) is 16.1 Å². The van der Waals surface area contributed by atoms with Gasteiger partial charge in [0, 0.05) is 46.5 Å². The van der Waals surface area contributed by atoms with Crippen LogP contribution in [0.2, 0.25) is 5.02 Å². The summed E-state index contributed by atoms with van der Waals surface area (Å²) in [4.78, 5) is 29.2. The number of halogens is 1. The molecule has 1 amide bonds. The number of carbonyl (C=O) groups is 2. The number of carbonyl (C=O) groups excluding carboxylic acids is 2. The van der Waals surface area contributed by atoms with E-state index in [1.807, 2.05) is 52.7 Å². The predicted octanol–water partition coefficient (Wildman–Crippen LogP) is 5.49. The van der Waals surface area contributed by atoms with Gasteiger partial charge in [0.2, 0.25) is 0 Å². The summed E-state index contributed by atoms with van der Waals surface area (Å²) in [6.45, 7) is 5.35. The van der Waals surface area contributed by atoms with Gasteiger partial charge < -0.3 is 14.7 Å². The van der Waals surface area contributed by atoms with Crippen molar-refractivity contribution in [3.63, 3.8) is 0 Å². The number of hydrogen-bond acceptors (Lipinski definition) is 6. The highest BCUT2D eigenvalue weighted by Crippen LogP contribution is 2.41. The second-order valence-corrected chi connectivity index (χ2v) is 10.5. The van der Waals surface area contributed by atoms with Crippen molar-refractivity contribution in [1.29, 1.82) is 0 Å². The van der Waals surface area contributed by atoms with Gasteiger partial charge in [-0.15, -0.1) is 17.9 Å². The number of aliphatic hydroxyl groups is 1. The third-order valence-electron chi connectivity index (χ3n) is 6.92. The van der Waals surface area contributed by atoms with Gasteiger partial charge in [-0.2, -0.15) is 0 Å². The number of ether oxygens (including phenoxy) is 1. The van der Waals surface area contributed by atoms with Crippen molar-refractivity contribution >= 4 is 44.9 Å². The number of hydrogen-bond donors (Lipinski definition) is 1. The Hall–Kier alpha value is -2.71. The molecule has 0 bridgehead atoms. The third kappa shape index (κ3) is 5.34. The van der Waals surface area contributed by atoms with Crippen LogP contribution in [0.4, 0.5) is 0 Å². The fraction of sp³-hybridized carbons (Fsp3) is 0.357. The van der Waals surface area contributed by atoms with Crippen molar-refractivity contribution < 1.29 is 19.4 Å².